The van der Waals surface area contributed by atoms with Crippen LogP contribution in [0.4, 0.5) is 5.69 Å². The fourth-order valence-corrected chi connectivity index (χ4v) is 4.34. The molecule has 35 heavy (non-hydrogen) atoms. The molecule has 8 nitrogen and oxygen atoms in total. The number of aliphatic imine (C=N–C) groups is 1. The predicted octanol–water partition coefficient (Wildman–Crippen LogP) is 4.23. The van der Waals surface area contributed by atoms with Gasteiger partial charge < -0.3 is 18.9 Å². The SMILES string of the molecule is C=CCc1cc(/C=C2/SC(=Nc3ccccc3)N(CCOC)C2=O)cc(OC)c1OCC(=O)OC. The minimum atomic E-state index is -0.503. The number of amidine groups is 1. The number of allylic oxidation sites excluding steroid dienone is 1. The Balaban J connectivity index is 1.97. The van der Waals surface area contributed by atoms with Crippen molar-refractivity contribution >= 4 is 40.6 Å². The van der Waals surface area contributed by atoms with E-state index in [1.165, 1.54) is 26.0 Å². The van der Waals surface area contributed by atoms with Crippen LogP contribution >= 0.6 is 11.8 Å². The maximum absolute atomic E-state index is 13.2. The highest BCUT2D eigenvalue weighted by molar-refractivity contribution is 8.18. The van der Waals surface area contributed by atoms with Crippen molar-refractivity contribution in [1.82, 2.24) is 4.90 Å². The van der Waals surface area contributed by atoms with Crippen LogP contribution in [0, 0.1) is 0 Å². The summed E-state index contributed by atoms with van der Waals surface area (Å²) < 4.78 is 21.0. The highest BCUT2D eigenvalue weighted by atomic mass is 32.2. The van der Waals surface area contributed by atoms with Crippen molar-refractivity contribution in [2.45, 2.75) is 6.42 Å². The van der Waals surface area contributed by atoms with E-state index in [0.717, 1.165) is 16.8 Å². The molecule has 0 atom stereocenters. The maximum atomic E-state index is 13.2. The Bertz CT molecular complexity index is 1130. The maximum Gasteiger partial charge on any atom is 0.343 e. The van der Waals surface area contributed by atoms with E-state index in [-0.39, 0.29) is 12.5 Å². The molecule has 1 saturated heterocycles. The zero-order valence-corrected chi connectivity index (χ0v) is 20.8. The van der Waals surface area contributed by atoms with Crippen molar-refractivity contribution in [2.75, 3.05) is 41.1 Å². The topological polar surface area (TPSA) is 86.7 Å². The molecule has 1 fully saturated rings. The van der Waals surface area contributed by atoms with Gasteiger partial charge in [-0.1, -0.05) is 24.3 Å². The quantitative estimate of drug-likeness (QED) is 0.261. The molecule has 1 heterocycles. The van der Waals surface area contributed by atoms with Gasteiger partial charge in [-0.3, -0.25) is 9.69 Å². The molecule has 1 aliphatic rings. The van der Waals surface area contributed by atoms with Gasteiger partial charge in [0.15, 0.2) is 23.3 Å². The molecule has 2 aromatic rings. The van der Waals surface area contributed by atoms with Crippen LogP contribution in [0.5, 0.6) is 11.5 Å². The fourth-order valence-electron chi connectivity index (χ4n) is 3.31. The van der Waals surface area contributed by atoms with E-state index in [9.17, 15) is 9.59 Å². The minimum absolute atomic E-state index is 0.156. The number of para-hydroxylation sites is 1. The van der Waals surface area contributed by atoms with Gasteiger partial charge in [-0.15, -0.1) is 6.58 Å². The summed E-state index contributed by atoms with van der Waals surface area (Å²) in [6.07, 6.45) is 3.99. The molecule has 184 valence electrons. The Kier molecular flexibility index (Phi) is 9.51. The summed E-state index contributed by atoms with van der Waals surface area (Å²) in [5, 5.41) is 0.584. The molecule has 0 radical (unpaired) electrons. The molecule has 2 aromatic carbocycles. The lowest BCUT2D eigenvalue weighted by atomic mass is 10.0. The zero-order valence-electron chi connectivity index (χ0n) is 20.0. The van der Waals surface area contributed by atoms with Crippen molar-refractivity contribution in [1.29, 1.82) is 0 Å². The molecule has 3 rings (SSSR count). The van der Waals surface area contributed by atoms with Crippen LogP contribution in [0.3, 0.4) is 0 Å². The van der Waals surface area contributed by atoms with Gasteiger partial charge in [0.05, 0.1) is 38.0 Å². The Morgan fingerprint density at radius 3 is 2.60 bits per heavy atom. The van der Waals surface area contributed by atoms with Crippen LogP contribution in [-0.4, -0.2) is 63.0 Å². The fraction of sp³-hybridized carbons (Fsp3) is 0.269. The number of hydrogen-bond acceptors (Lipinski definition) is 8. The van der Waals surface area contributed by atoms with Crippen molar-refractivity contribution in [2.24, 2.45) is 4.99 Å². The molecule has 0 aliphatic carbocycles. The average Bonchev–Trinajstić information content (AvgIpc) is 3.15. The third-order valence-electron chi connectivity index (χ3n) is 4.99. The largest absolute Gasteiger partial charge is 0.493 e. The standard InChI is InChI=1S/C26H28N2O6S/c1-5-9-19-14-18(15-21(32-3)24(19)34-17-23(29)33-4)16-22-25(30)28(12-13-31-2)26(35-22)27-20-10-7-6-8-11-20/h5-8,10-11,14-16H,1,9,12-13,17H2,2-4H3/b22-16+,27-26?. The van der Waals surface area contributed by atoms with Gasteiger partial charge in [0.25, 0.3) is 5.91 Å². The molecule has 1 aliphatic heterocycles. The first kappa shape index (κ1) is 26.1. The van der Waals surface area contributed by atoms with Crippen molar-refractivity contribution < 1.29 is 28.5 Å². The summed E-state index contributed by atoms with van der Waals surface area (Å²) in [5.74, 6) is 0.206. The Morgan fingerprint density at radius 2 is 1.94 bits per heavy atom. The average molecular weight is 497 g/mol. The smallest absolute Gasteiger partial charge is 0.343 e. The lowest BCUT2D eigenvalue weighted by Gasteiger charge is -2.15. The van der Waals surface area contributed by atoms with Gasteiger partial charge >= 0.3 is 5.97 Å². The van der Waals surface area contributed by atoms with Crippen molar-refractivity contribution in [3.05, 3.63) is 71.2 Å². The van der Waals surface area contributed by atoms with Gasteiger partial charge in [-0.05, 0) is 54.1 Å². The van der Waals surface area contributed by atoms with E-state index in [0.29, 0.717) is 41.1 Å². The summed E-state index contributed by atoms with van der Waals surface area (Å²) >= 11 is 1.30. The van der Waals surface area contributed by atoms with Gasteiger partial charge in [0, 0.05) is 12.7 Å². The molecule has 0 bridgehead atoms. The molecule has 0 saturated carbocycles. The van der Waals surface area contributed by atoms with E-state index in [2.05, 4.69) is 16.3 Å². The van der Waals surface area contributed by atoms with Crippen molar-refractivity contribution in [3.8, 4) is 11.5 Å². The molecular weight excluding hydrogens is 468 g/mol. The Morgan fingerprint density at radius 1 is 1.17 bits per heavy atom. The molecule has 0 unspecified atom stereocenters. The second-order valence-electron chi connectivity index (χ2n) is 7.36. The van der Waals surface area contributed by atoms with Crippen molar-refractivity contribution in [3.63, 3.8) is 0 Å². The monoisotopic (exact) mass is 496 g/mol. The highest BCUT2D eigenvalue weighted by Gasteiger charge is 2.33. The summed E-state index contributed by atoms with van der Waals surface area (Å²) in [6.45, 7) is 4.32. The molecule has 9 heteroatoms. The van der Waals surface area contributed by atoms with Crippen LogP contribution in [0.1, 0.15) is 11.1 Å². The van der Waals surface area contributed by atoms with E-state index in [1.54, 1.807) is 30.2 Å². The first-order valence-electron chi connectivity index (χ1n) is 10.9. The first-order valence-corrected chi connectivity index (χ1v) is 11.7. The van der Waals surface area contributed by atoms with Crippen LogP contribution in [0.15, 0.2) is 65.0 Å². The van der Waals surface area contributed by atoms with Crippen LogP contribution in [-0.2, 0) is 25.5 Å². The third-order valence-corrected chi connectivity index (χ3v) is 5.99. The number of amides is 1. The number of esters is 1. The van der Waals surface area contributed by atoms with Gasteiger partial charge in [0.2, 0.25) is 0 Å². The minimum Gasteiger partial charge on any atom is -0.493 e. The summed E-state index contributed by atoms with van der Waals surface area (Å²) in [6, 6.07) is 13.1. The number of hydrogen-bond donors (Lipinski definition) is 0. The first-order chi connectivity index (χ1) is 17.0. The van der Waals surface area contributed by atoms with Gasteiger partial charge in [-0.2, -0.15) is 0 Å². The second-order valence-corrected chi connectivity index (χ2v) is 8.37. The molecule has 1 amide bonds. The summed E-state index contributed by atoms with van der Waals surface area (Å²) in [7, 11) is 4.40. The summed E-state index contributed by atoms with van der Waals surface area (Å²) in [4.78, 5) is 31.6. The zero-order chi connectivity index (χ0) is 25.2. The number of methoxy groups -OCH3 is 3. The van der Waals surface area contributed by atoms with E-state index < -0.39 is 5.97 Å². The van der Waals surface area contributed by atoms with Gasteiger partial charge in [0.1, 0.15) is 0 Å². The van der Waals surface area contributed by atoms with Crippen LogP contribution in [0.25, 0.3) is 6.08 Å². The van der Waals surface area contributed by atoms with E-state index >= 15 is 0 Å². The van der Waals surface area contributed by atoms with Gasteiger partial charge in [-0.25, -0.2) is 9.79 Å². The number of thioether (sulfide) groups is 1. The summed E-state index contributed by atoms with van der Waals surface area (Å²) in [5.41, 5.74) is 2.26. The number of carbonyl (C=O) groups excluding carboxylic acids is 2. The second kappa shape index (κ2) is 12.8. The number of rotatable bonds is 11. The van der Waals surface area contributed by atoms with E-state index in [1.807, 2.05) is 36.4 Å². The third kappa shape index (κ3) is 6.74. The molecule has 0 N–H and O–H groups in total. The number of ether oxygens (including phenoxy) is 4. The normalized spacial score (nSPS) is 15.5. The molecule has 0 spiro atoms. The van der Waals surface area contributed by atoms with E-state index in [4.69, 9.17) is 14.2 Å². The van der Waals surface area contributed by atoms with Crippen LogP contribution in [0.2, 0.25) is 0 Å². The lowest BCUT2D eigenvalue weighted by molar-refractivity contribution is -0.143. The predicted molar refractivity (Wildman–Crippen MR) is 137 cm³/mol. The Labute approximate surface area is 209 Å². The number of carbonyl (C=O) groups is 2. The number of nitrogens with zero attached hydrogens (tertiary/aromatic N) is 2. The lowest BCUT2D eigenvalue weighted by Crippen LogP contribution is -2.32. The molecular formula is C26H28N2O6S. The number of benzene rings is 2. The highest BCUT2D eigenvalue weighted by Crippen LogP contribution is 2.38. The van der Waals surface area contributed by atoms with Crippen LogP contribution < -0.4 is 9.47 Å². The molecule has 0 aromatic heterocycles. The Hall–Kier alpha value is -3.56.